The molecule has 1 aliphatic carbocycles. The number of aryl methyl sites for hydroxylation is 2. The van der Waals surface area contributed by atoms with Crippen LogP contribution in [0, 0.1) is 0 Å². The van der Waals surface area contributed by atoms with Crippen LogP contribution in [-0.4, -0.2) is 24.1 Å². The zero-order chi connectivity index (χ0) is 43.7. The minimum absolute atomic E-state index is 0.547. The van der Waals surface area contributed by atoms with E-state index >= 15 is 0 Å². The number of hydrogen-bond donors (Lipinski definition) is 0. The molecule has 0 N–H and O–H groups in total. The molecule has 1 aliphatic rings. The molecule has 0 radical (unpaired) electrons. The molecule has 4 heterocycles. The summed E-state index contributed by atoms with van der Waals surface area (Å²) >= 11 is 0. The highest BCUT2D eigenvalue weighted by atomic mass is 16.3. The van der Waals surface area contributed by atoms with Crippen LogP contribution in [-0.2, 0) is 12.8 Å². The van der Waals surface area contributed by atoms with Gasteiger partial charge in [0.2, 0.25) is 5.95 Å². The van der Waals surface area contributed by atoms with Crippen LogP contribution in [0.15, 0.2) is 205 Å². The maximum Gasteiger partial charge on any atom is 0.238 e. The van der Waals surface area contributed by atoms with Gasteiger partial charge in [0.15, 0.2) is 11.6 Å². The molecule has 4 aromatic heterocycles. The SMILES string of the molecule is c1ccc2c(c1)CCc1ccc(-c3nc(-c4c(-n5c6cc7ccccc7cc6c6cc7ccccc7cc65)ccc5oc6ccccc6c45)nc(-n4c5ccccc5c5ccccc54)n3)cc1-2. The molecule has 0 saturated carbocycles. The Bertz CT molecular complexity index is 4270. The molecule has 0 saturated heterocycles. The lowest BCUT2D eigenvalue weighted by atomic mass is 9.85. The lowest BCUT2D eigenvalue weighted by molar-refractivity contribution is 0.669. The molecule has 0 fully saturated rings. The normalized spacial score (nSPS) is 12.7. The molecule has 0 aliphatic heterocycles. The highest BCUT2D eigenvalue weighted by molar-refractivity contribution is 6.19. The number of furan rings is 1. The zero-order valence-electron chi connectivity index (χ0n) is 36.1. The first-order valence-corrected chi connectivity index (χ1v) is 23.0. The monoisotopic (exact) mass is 855 g/mol. The van der Waals surface area contributed by atoms with Crippen molar-refractivity contribution in [3.8, 4) is 45.5 Å². The highest BCUT2D eigenvalue weighted by Crippen LogP contribution is 2.45. The number of nitrogens with zero attached hydrogens (tertiary/aromatic N) is 5. The number of para-hydroxylation sites is 3. The van der Waals surface area contributed by atoms with E-state index in [-0.39, 0.29) is 0 Å². The summed E-state index contributed by atoms with van der Waals surface area (Å²) in [6.07, 6.45) is 2.01. The lowest BCUT2D eigenvalue weighted by Gasteiger charge is -2.20. The fraction of sp³-hybridized carbons (Fsp3) is 0.0328. The Morgan fingerprint density at radius 2 is 0.940 bits per heavy atom. The molecule has 15 rings (SSSR count). The fourth-order valence-electron chi connectivity index (χ4n) is 11.2. The summed E-state index contributed by atoms with van der Waals surface area (Å²) in [5.41, 5.74) is 13.8. The Balaban J connectivity index is 1.10. The molecule has 0 amide bonds. The van der Waals surface area contributed by atoms with Crippen LogP contribution in [0.4, 0.5) is 0 Å². The van der Waals surface area contributed by atoms with Gasteiger partial charge in [0, 0.05) is 37.9 Å². The summed E-state index contributed by atoms with van der Waals surface area (Å²) in [5, 5.41) is 11.3. The first kappa shape index (κ1) is 36.5. The quantitative estimate of drug-likeness (QED) is 0.177. The van der Waals surface area contributed by atoms with Gasteiger partial charge in [0.05, 0.1) is 33.3 Å². The van der Waals surface area contributed by atoms with Gasteiger partial charge in [0.25, 0.3) is 0 Å². The van der Waals surface area contributed by atoms with Gasteiger partial charge < -0.3 is 8.98 Å². The van der Waals surface area contributed by atoms with Crippen molar-refractivity contribution in [2.75, 3.05) is 0 Å². The van der Waals surface area contributed by atoms with Crippen LogP contribution < -0.4 is 0 Å². The number of benzene rings is 10. The largest absolute Gasteiger partial charge is 0.456 e. The number of aromatic nitrogens is 5. The van der Waals surface area contributed by atoms with Gasteiger partial charge in [-0.1, -0.05) is 140 Å². The van der Waals surface area contributed by atoms with Crippen LogP contribution >= 0.6 is 0 Å². The molecule has 0 unspecified atom stereocenters. The predicted octanol–water partition coefficient (Wildman–Crippen LogP) is 15.4. The maximum absolute atomic E-state index is 6.72. The van der Waals surface area contributed by atoms with Crippen molar-refractivity contribution in [2.24, 2.45) is 0 Å². The molecule has 10 aromatic carbocycles. The fourth-order valence-corrected chi connectivity index (χ4v) is 11.2. The summed E-state index contributed by atoms with van der Waals surface area (Å²) in [6, 6.07) is 71.9. The number of fused-ring (bicyclic) bond motifs is 14. The zero-order valence-corrected chi connectivity index (χ0v) is 36.1. The van der Waals surface area contributed by atoms with Crippen LogP contribution in [0.1, 0.15) is 11.1 Å². The van der Waals surface area contributed by atoms with Gasteiger partial charge in [-0.3, -0.25) is 4.57 Å². The Morgan fingerprint density at radius 3 is 1.64 bits per heavy atom. The maximum atomic E-state index is 6.72. The smallest absolute Gasteiger partial charge is 0.238 e. The summed E-state index contributed by atoms with van der Waals surface area (Å²) in [6.45, 7) is 0. The van der Waals surface area contributed by atoms with Crippen molar-refractivity contribution in [3.63, 3.8) is 0 Å². The Hall–Kier alpha value is -8.87. The van der Waals surface area contributed by atoms with Gasteiger partial charge in [0.1, 0.15) is 11.2 Å². The number of hydrogen-bond acceptors (Lipinski definition) is 4. The standard InChI is InChI=1S/C61H37N5O/c1-3-16-40-34-53-48(31-38(40)14-1)49-32-39-15-2-4-17-41(39)35-54(49)65(53)52-29-30-56-57(46-21-9-12-24-55(46)67-56)58(52)60-62-59(42-28-27-37-26-25-36-13-5-6-18-43(36)47(37)33-42)63-61(64-60)66-50-22-10-7-19-44(50)45-20-8-11-23-51(45)66/h1-24,27-35H,25-26H2. The van der Waals surface area contributed by atoms with Crippen LogP contribution in [0.25, 0.3) is 133 Å². The molecular weight excluding hydrogens is 819 g/mol. The van der Waals surface area contributed by atoms with E-state index in [9.17, 15) is 0 Å². The number of rotatable bonds is 4. The molecule has 312 valence electrons. The molecule has 14 aromatic rings. The van der Waals surface area contributed by atoms with E-state index < -0.39 is 0 Å². The molecule has 67 heavy (non-hydrogen) atoms. The predicted molar refractivity (Wildman–Crippen MR) is 275 cm³/mol. The van der Waals surface area contributed by atoms with E-state index in [1.165, 1.54) is 54.6 Å². The molecule has 0 bridgehead atoms. The van der Waals surface area contributed by atoms with Crippen molar-refractivity contribution in [1.29, 1.82) is 0 Å². The summed E-state index contributed by atoms with van der Waals surface area (Å²) in [5.74, 6) is 1.71. The third-order valence-electron chi connectivity index (χ3n) is 14.2. The molecule has 0 spiro atoms. The second kappa shape index (κ2) is 13.8. The summed E-state index contributed by atoms with van der Waals surface area (Å²) in [7, 11) is 0. The Morgan fingerprint density at radius 1 is 0.373 bits per heavy atom. The molecule has 6 nitrogen and oxygen atoms in total. The third kappa shape index (κ3) is 5.35. The van der Waals surface area contributed by atoms with Crippen molar-refractivity contribution < 1.29 is 4.42 Å². The van der Waals surface area contributed by atoms with Gasteiger partial charge in [-0.05, 0) is 117 Å². The first-order valence-electron chi connectivity index (χ1n) is 23.0. The topological polar surface area (TPSA) is 61.7 Å². The van der Waals surface area contributed by atoms with Gasteiger partial charge in [-0.25, -0.2) is 4.98 Å². The van der Waals surface area contributed by atoms with Crippen LogP contribution in [0.3, 0.4) is 0 Å². The second-order valence-corrected chi connectivity index (χ2v) is 17.9. The summed E-state index contributed by atoms with van der Waals surface area (Å²) < 4.78 is 11.4. The van der Waals surface area contributed by atoms with Crippen LogP contribution in [0.5, 0.6) is 0 Å². The van der Waals surface area contributed by atoms with E-state index in [2.05, 4.69) is 197 Å². The molecule has 0 atom stereocenters. The highest BCUT2D eigenvalue weighted by Gasteiger charge is 2.27. The van der Waals surface area contributed by atoms with E-state index in [1.807, 2.05) is 12.1 Å². The van der Waals surface area contributed by atoms with E-state index in [0.717, 1.165) is 84.4 Å². The van der Waals surface area contributed by atoms with E-state index in [1.54, 1.807) is 0 Å². The van der Waals surface area contributed by atoms with Gasteiger partial charge >= 0.3 is 0 Å². The van der Waals surface area contributed by atoms with Crippen molar-refractivity contribution >= 4 is 87.1 Å². The van der Waals surface area contributed by atoms with Gasteiger partial charge in [-0.2, -0.15) is 9.97 Å². The molecule has 6 heteroatoms. The van der Waals surface area contributed by atoms with Gasteiger partial charge in [-0.15, -0.1) is 0 Å². The van der Waals surface area contributed by atoms with Crippen molar-refractivity contribution in [2.45, 2.75) is 12.8 Å². The summed E-state index contributed by atoms with van der Waals surface area (Å²) in [4.78, 5) is 16.8. The Kier molecular flexibility index (Phi) is 7.52. The minimum atomic E-state index is 0.547. The van der Waals surface area contributed by atoms with Crippen molar-refractivity contribution in [3.05, 3.63) is 211 Å². The molecular formula is C61H37N5O. The van der Waals surface area contributed by atoms with E-state index in [0.29, 0.717) is 17.6 Å². The van der Waals surface area contributed by atoms with E-state index in [4.69, 9.17) is 19.4 Å². The minimum Gasteiger partial charge on any atom is -0.456 e. The van der Waals surface area contributed by atoms with Crippen molar-refractivity contribution in [1.82, 2.24) is 24.1 Å². The Labute approximate surface area is 383 Å². The van der Waals surface area contributed by atoms with Crippen LogP contribution in [0.2, 0.25) is 0 Å². The lowest BCUT2D eigenvalue weighted by Crippen LogP contribution is -2.09. The average Bonchev–Trinajstić information content (AvgIpc) is 4.04. The first-order chi connectivity index (χ1) is 33.2. The average molecular weight is 856 g/mol. The second-order valence-electron chi connectivity index (χ2n) is 17.9. The third-order valence-corrected chi connectivity index (χ3v) is 14.2.